The van der Waals surface area contributed by atoms with Gasteiger partial charge in [-0.3, -0.25) is 0 Å². The van der Waals surface area contributed by atoms with E-state index in [1.165, 1.54) is 54.8 Å². The average Bonchev–Trinajstić information content (AvgIpc) is 3.18. The van der Waals surface area contributed by atoms with Gasteiger partial charge in [0.1, 0.15) is 0 Å². The van der Waals surface area contributed by atoms with E-state index >= 15 is 0 Å². The fraction of sp³-hybridized carbons (Fsp3) is 0.250. The van der Waals surface area contributed by atoms with E-state index in [-0.39, 0.29) is 0 Å². The molecular formula is C48H54BI3O3. The summed E-state index contributed by atoms with van der Waals surface area (Å²) in [6.07, 6.45) is 0. The van der Waals surface area contributed by atoms with Gasteiger partial charge in [0.05, 0.1) is 0 Å². The molecule has 7 heteroatoms. The Bertz CT molecular complexity index is 1940. The molecule has 6 aromatic carbocycles. The maximum absolute atomic E-state index is 7.71. The van der Waals surface area contributed by atoms with Crippen LogP contribution in [-0.2, 0) is 8.95 Å². The summed E-state index contributed by atoms with van der Waals surface area (Å²) in [5.41, 5.74) is 7.70. The standard InChI is InChI=1S/C48H54BI3O3/c1-34(2)40-25-13-19-31-46(40)50(43-28-16-10-22-37(43)7)53-49(54-51(44-29-17-11-23-38(44)8)47-32-20-14-26-41(47)35(3)4)55-52(45-30-18-12-24-39(45)9)48-33-21-15-27-42(48)36(5)6/h10-36H,1-9H3. The Morgan fingerprint density at radius 2 is 0.545 bits per heavy atom. The molecule has 0 amide bonds. The Labute approximate surface area is 354 Å². The van der Waals surface area contributed by atoms with Crippen LogP contribution in [0.25, 0.3) is 0 Å². The first-order valence-corrected chi connectivity index (χ1v) is 28.2. The van der Waals surface area contributed by atoms with Crippen molar-refractivity contribution in [3.05, 3.63) is 200 Å². The molecule has 0 aliphatic carbocycles. The van der Waals surface area contributed by atoms with E-state index in [4.69, 9.17) is 8.95 Å². The first kappa shape index (κ1) is 42.1. The molecule has 288 valence electrons. The summed E-state index contributed by atoms with van der Waals surface area (Å²) in [7, 11) is -0.889. The molecule has 0 radical (unpaired) electrons. The Morgan fingerprint density at radius 1 is 0.327 bits per heavy atom. The fourth-order valence-electron chi connectivity index (χ4n) is 6.41. The Hall–Kier alpha value is -2.55. The summed E-state index contributed by atoms with van der Waals surface area (Å²) in [6.45, 7) is 20.3. The third-order valence-corrected chi connectivity index (χ3v) is 25.1. The van der Waals surface area contributed by atoms with Crippen LogP contribution < -0.4 is 0 Å². The van der Waals surface area contributed by atoms with Crippen LogP contribution in [0.3, 0.4) is 0 Å². The van der Waals surface area contributed by atoms with Crippen molar-refractivity contribution in [1.29, 1.82) is 0 Å². The SMILES string of the molecule is Cc1ccccc1I(OB(OI(c1ccccc1C)c1ccccc1C(C)C)OI(c1ccccc1C)c1ccccc1C(C)C)c1ccccc1C(C)C. The summed E-state index contributed by atoms with van der Waals surface area (Å²) in [5.74, 6) is 1.01. The molecule has 0 aliphatic rings. The predicted octanol–water partition coefficient (Wildman–Crippen LogP) is 14.8. The van der Waals surface area contributed by atoms with Crippen LogP contribution in [0.1, 0.15) is 92.7 Å². The quantitative estimate of drug-likeness (QED) is 0.0758. The number of halogens is 3. The molecule has 0 aliphatic heterocycles. The van der Waals surface area contributed by atoms with E-state index in [1.807, 2.05) is 0 Å². The van der Waals surface area contributed by atoms with Gasteiger partial charge in [-0.2, -0.15) is 0 Å². The van der Waals surface area contributed by atoms with Crippen LogP contribution in [0, 0.1) is 42.2 Å². The average molecular weight is 1070 g/mol. The molecule has 3 nitrogen and oxygen atoms in total. The molecule has 0 spiro atoms. The van der Waals surface area contributed by atoms with Crippen molar-refractivity contribution in [3.8, 4) is 0 Å². The van der Waals surface area contributed by atoms with E-state index in [0.29, 0.717) is 17.8 Å². The van der Waals surface area contributed by atoms with Crippen molar-refractivity contribution in [2.45, 2.75) is 80.1 Å². The van der Waals surface area contributed by atoms with Crippen LogP contribution in [0.15, 0.2) is 146 Å². The third kappa shape index (κ3) is 10.1. The Balaban J connectivity index is 1.59. The summed E-state index contributed by atoms with van der Waals surface area (Å²) < 4.78 is 30.8. The predicted molar refractivity (Wildman–Crippen MR) is 258 cm³/mol. The van der Waals surface area contributed by atoms with Crippen molar-refractivity contribution in [2.24, 2.45) is 0 Å². The van der Waals surface area contributed by atoms with Crippen molar-refractivity contribution >= 4 is 68.0 Å². The molecule has 0 saturated heterocycles. The second-order valence-electron chi connectivity index (χ2n) is 14.6. The molecule has 6 aromatic rings. The summed E-state index contributed by atoms with van der Waals surface area (Å²) in [5, 5.41) is 0. The molecule has 55 heavy (non-hydrogen) atoms. The van der Waals surface area contributed by atoms with Gasteiger partial charge in [-0.1, -0.05) is 0 Å². The number of hydrogen-bond acceptors (Lipinski definition) is 3. The van der Waals surface area contributed by atoms with Gasteiger partial charge in [0.2, 0.25) is 0 Å². The summed E-state index contributed by atoms with van der Waals surface area (Å²) in [6, 6.07) is 53.0. The minimum absolute atomic E-state index is 0.338. The molecule has 0 atom stereocenters. The topological polar surface area (TPSA) is 27.7 Å². The molecule has 0 saturated carbocycles. The van der Waals surface area contributed by atoms with Gasteiger partial charge in [-0.05, 0) is 0 Å². The summed E-state index contributed by atoms with van der Waals surface area (Å²) >= 11 is -8.04. The third-order valence-electron chi connectivity index (χ3n) is 9.41. The maximum atomic E-state index is 7.71. The van der Waals surface area contributed by atoms with Crippen molar-refractivity contribution in [2.75, 3.05) is 0 Å². The normalized spacial score (nSPS) is 12.3. The number of aryl methyl sites for hydroxylation is 3. The van der Waals surface area contributed by atoms with Crippen LogP contribution in [-0.4, -0.2) is 7.32 Å². The van der Waals surface area contributed by atoms with Gasteiger partial charge in [0.15, 0.2) is 0 Å². The van der Waals surface area contributed by atoms with E-state index < -0.39 is 68.0 Å². The van der Waals surface area contributed by atoms with Gasteiger partial charge < -0.3 is 0 Å². The number of rotatable bonds is 15. The van der Waals surface area contributed by atoms with Gasteiger partial charge in [0, 0.05) is 0 Å². The molecule has 6 rings (SSSR count). The van der Waals surface area contributed by atoms with Crippen molar-refractivity contribution < 1.29 is 8.95 Å². The van der Waals surface area contributed by atoms with Crippen LogP contribution in [0.4, 0.5) is 0 Å². The van der Waals surface area contributed by atoms with E-state index in [9.17, 15) is 0 Å². The van der Waals surface area contributed by atoms with E-state index in [1.54, 1.807) is 0 Å². The van der Waals surface area contributed by atoms with Crippen molar-refractivity contribution in [3.63, 3.8) is 0 Å². The molecule has 0 unspecified atom stereocenters. The van der Waals surface area contributed by atoms with Gasteiger partial charge in [0.25, 0.3) is 0 Å². The molecule has 0 bridgehead atoms. The zero-order valence-corrected chi connectivity index (χ0v) is 40.0. The zero-order valence-electron chi connectivity index (χ0n) is 33.5. The first-order chi connectivity index (χ1) is 26.5. The summed E-state index contributed by atoms with van der Waals surface area (Å²) in [4.78, 5) is 0. The van der Waals surface area contributed by atoms with E-state index in [2.05, 4.69) is 208 Å². The van der Waals surface area contributed by atoms with Crippen LogP contribution in [0.2, 0.25) is 0 Å². The minimum atomic E-state index is -2.68. The molecule has 0 heterocycles. The molecule has 0 N–H and O–H groups in total. The first-order valence-electron chi connectivity index (χ1n) is 19.1. The number of benzene rings is 6. The van der Waals surface area contributed by atoms with Crippen LogP contribution in [0.5, 0.6) is 0 Å². The van der Waals surface area contributed by atoms with Gasteiger partial charge in [-0.15, -0.1) is 0 Å². The molecule has 0 aromatic heterocycles. The molecule has 0 fully saturated rings. The number of hydrogen-bond donors (Lipinski definition) is 0. The van der Waals surface area contributed by atoms with Crippen molar-refractivity contribution in [1.82, 2.24) is 0 Å². The second-order valence-corrected chi connectivity index (χ2v) is 27.3. The monoisotopic (exact) mass is 1070 g/mol. The second kappa shape index (κ2) is 19.7. The van der Waals surface area contributed by atoms with Crippen LogP contribution >= 0.6 is 60.7 Å². The molecular weight excluding hydrogens is 1020 g/mol. The van der Waals surface area contributed by atoms with E-state index in [0.717, 1.165) is 0 Å². The fourth-order valence-corrected chi connectivity index (χ4v) is 23.2. The van der Waals surface area contributed by atoms with Gasteiger partial charge >= 0.3 is 357 Å². The zero-order chi connectivity index (χ0) is 39.1. The Kier molecular flexibility index (Phi) is 15.1. The Morgan fingerprint density at radius 3 is 0.782 bits per heavy atom. The van der Waals surface area contributed by atoms with Gasteiger partial charge in [-0.25, -0.2) is 0 Å².